The first-order valence-electron chi connectivity index (χ1n) is 9.07. The fraction of sp³-hybridized carbons (Fsp3) is 0.600. The quantitative estimate of drug-likeness (QED) is 0.501. The lowest BCUT2D eigenvalue weighted by atomic mass is 9.76. The number of aliphatic imine (C=N–C) groups is 1. The molecule has 0 atom stereocenters. The highest BCUT2D eigenvalue weighted by atomic mass is 16.2. The highest BCUT2D eigenvalue weighted by Gasteiger charge is 2.29. The van der Waals surface area contributed by atoms with Gasteiger partial charge >= 0.3 is 0 Å². The molecule has 25 heavy (non-hydrogen) atoms. The Kier molecular flexibility index (Phi) is 7.94. The first-order chi connectivity index (χ1) is 11.8. The van der Waals surface area contributed by atoms with Gasteiger partial charge in [0, 0.05) is 32.6 Å². The maximum absolute atomic E-state index is 11.9. The van der Waals surface area contributed by atoms with E-state index in [1.807, 2.05) is 19.9 Å². The highest BCUT2D eigenvalue weighted by molar-refractivity contribution is 5.84. The van der Waals surface area contributed by atoms with Crippen molar-refractivity contribution < 1.29 is 4.79 Å². The van der Waals surface area contributed by atoms with E-state index in [1.54, 1.807) is 14.1 Å². The van der Waals surface area contributed by atoms with E-state index in [9.17, 15) is 4.79 Å². The summed E-state index contributed by atoms with van der Waals surface area (Å²) in [5.74, 6) is 0.732. The third kappa shape index (κ3) is 5.48. The summed E-state index contributed by atoms with van der Waals surface area (Å²) in [6, 6.07) is 10.6. The Balaban J connectivity index is 2.76. The van der Waals surface area contributed by atoms with Gasteiger partial charge in [0.05, 0.1) is 5.41 Å². The summed E-state index contributed by atoms with van der Waals surface area (Å²) in [5, 5.41) is 9.43. The van der Waals surface area contributed by atoms with E-state index in [0.29, 0.717) is 6.54 Å². The van der Waals surface area contributed by atoms with Gasteiger partial charge in [-0.15, -0.1) is 0 Å². The summed E-state index contributed by atoms with van der Waals surface area (Å²) in [6.07, 6.45) is 2.09. The molecule has 0 saturated carbocycles. The smallest absolute Gasteiger partial charge is 0.227 e. The average molecular weight is 347 g/mol. The first-order valence-corrected chi connectivity index (χ1v) is 9.07. The second-order valence-electron chi connectivity index (χ2n) is 7.10. The fourth-order valence-corrected chi connectivity index (χ4v) is 3.00. The molecule has 0 heterocycles. The molecule has 3 N–H and O–H groups in total. The van der Waals surface area contributed by atoms with Crippen LogP contribution in [0.4, 0.5) is 0 Å². The Bertz CT molecular complexity index is 562. The Labute approximate surface area is 152 Å². The second kappa shape index (κ2) is 9.44. The van der Waals surface area contributed by atoms with Gasteiger partial charge in [0.1, 0.15) is 0 Å². The molecule has 5 nitrogen and oxygen atoms in total. The zero-order valence-electron chi connectivity index (χ0n) is 16.6. The van der Waals surface area contributed by atoms with Gasteiger partial charge in [-0.25, -0.2) is 0 Å². The molecule has 0 aliphatic heterocycles. The fourth-order valence-electron chi connectivity index (χ4n) is 3.00. The summed E-state index contributed by atoms with van der Waals surface area (Å²) >= 11 is 0. The molecule has 0 aliphatic carbocycles. The third-order valence-electron chi connectivity index (χ3n) is 5.10. The van der Waals surface area contributed by atoms with Crippen LogP contribution in [0.3, 0.4) is 0 Å². The van der Waals surface area contributed by atoms with Gasteiger partial charge in [0.25, 0.3) is 0 Å². The Morgan fingerprint density at radius 2 is 1.60 bits per heavy atom. The van der Waals surface area contributed by atoms with Crippen LogP contribution in [0.15, 0.2) is 35.3 Å². The summed E-state index contributed by atoms with van der Waals surface area (Å²) in [6.45, 7) is 9.59. The zero-order chi connectivity index (χ0) is 18.9. The minimum absolute atomic E-state index is 0.0104. The van der Waals surface area contributed by atoms with Crippen LogP contribution in [0.25, 0.3) is 0 Å². The molecule has 1 amide bonds. The SMILES string of the molecule is CCC(CC)(CNC(=NC)NCC(C)(C)C(=O)NC)c1ccccc1. The molecule has 0 fully saturated rings. The largest absolute Gasteiger partial charge is 0.359 e. The number of benzene rings is 1. The van der Waals surface area contributed by atoms with Crippen molar-refractivity contribution in [1.82, 2.24) is 16.0 Å². The third-order valence-corrected chi connectivity index (χ3v) is 5.10. The molecule has 0 spiro atoms. The number of amides is 1. The van der Waals surface area contributed by atoms with E-state index >= 15 is 0 Å². The number of nitrogens with zero attached hydrogens (tertiary/aromatic N) is 1. The predicted octanol–water partition coefficient (Wildman–Crippen LogP) is 2.68. The standard InChI is InChI=1S/C20H34N4O/c1-7-20(8-2,16-12-10-9-11-13-16)15-24-18(22-6)23-14-19(3,4)17(25)21-5/h9-13H,7-8,14-15H2,1-6H3,(H,21,25)(H2,22,23,24). The molecule has 0 bridgehead atoms. The van der Waals surface area contributed by atoms with Crippen LogP contribution in [0.1, 0.15) is 46.1 Å². The molecule has 1 aromatic carbocycles. The molecule has 5 heteroatoms. The molecular formula is C20H34N4O. The van der Waals surface area contributed by atoms with Crippen LogP contribution in [0.2, 0.25) is 0 Å². The number of rotatable bonds is 8. The van der Waals surface area contributed by atoms with Crippen molar-refractivity contribution in [3.63, 3.8) is 0 Å². The van der Waals surface area contributed by atoms with Crippen molar-refractivity contribution >= 4 is 11.9 Å². The molecule has 0 unspecified atom stereocenters. The monoisotopic (exact) mass is 346 g/mol. The van der Waals surface area contributed by atoms with E-state index in [0.717, 1.165) is 25.3 Å². The number of carbonyl (C=O) groups is 1. The van der Waals surface area contributed by atoms with E-state index in [4.69, 9.17) is 0 Å². The van der Waals surface area contributed by atoms with Crippen LogP contribution in [-0.2, 0) is 10.2 Å². The van der Waals surface area contributed by atoms with Gasteiger partial charge < -0.3 is 16.0 Å². The Morgan fingerprint density at radius 1 is 1.04 bits per heavy atom. The van der Waals surface area contributed by atoms with Crippen molar-refractivity contribution in [3.8, 4) is 0 Å². The minimum Gasteiger partial charge on any atom is -0.359 e. The molecule has 0 aliphatic rings. The molecule has 0 radical (unpaired) electrons. The molecule has 0 aromatic heterocycles. The number of guanidine groups is 1. The van der Waals surface area contributed by atoms with Crippen molar-refractivity contribution in [2.75, 3.05) is 27.2 Å². The lowest BCUT2D eigenvalue weighted by molar-refractivity contribution is -0.128. The van der Waals surface area contributed by atoms with Gasteiger partial charge in [-0.3, -0.25) is 9.79 Å². The lowest BCUT2D eigenvalue weighted by Crippen LogP contribution is -2.49. The van der Waals surface area contributed by atoms with E-state index in [2.05, 4.69) is 59.1 Å². The number of nitrogens with one attached hydrogen (secondary N) is 3. The maximum atomic E-state index is 11.9. The van der Waals surface area contributed by atoms with Crippen LogP contribution < -0.4 is 16.0 Å². The van der Waals surface area contributed by atoms with Gasteiger partial charge in [-0.1, -0.05) is 44.2 Å². The number of hydrogen-bond acceptors (Lipinski definition) is 2. The van der Waals surface area contributed by atoms with Crippen LogP contribution in [0.5, 0.6) is 0 Å². The number of carbonyl (C=O) groups excluding carboxylic acids is 1. The van der Waals surface area contributed by atoms with Crippen molar-refractivity contribution in [1.29, 1.82) is 0 Å². The second-order valence-corrected chi connectivity index (χ2v) is 7.10. The minimum atomic E-state index is -0.502. The zero-order valence-corrected chi connectivity index (χ0v) is 16.6. The van der Waals surface area contributed by atoms with Gasteiger partial charge in [-0.05, 0) is 32.3 Å². The lowest BCUT2D eigenvalue weighted by Gasteiger charge is -2.33. The maximum Gasteiger partial charge on any atom is 0.227 e. The van der Waals surface area contributed by atoms with Gasteiger partial charge in [0.2, 0.25) is 5.91 Å². The van der Waals surface area contributed by atoms with Crippen LogP contribution in [0, 0.1) is 5.41 Å². The molecule has 140 valence electrons. The van der Waals surface area contributed by atoms with Crippen molar-refractivity contribution in [3.05, 3.63) is 35.9 Å². The van der Waals surface area contributed by atoms with Crippen molar-refractivity contribution in [2.45, 2.75) is 46.0 Å². The molecule has 0 saturated heterocycles. The van der Waals surface area contributed by atoms with Gasteiger partial charge in [0.15, 0.2) is 5.96 Å². The molecule has 1 aromatic rings. The summed E-state index contributed by atoms with van der Waals surface area (Å²) in [5.41, 5.74) is 0.904. The molecular weight excluding hydrogens is 312 g/mol. The predicted molar refractivity (Wildman–Crippen MR) is 106 cm³/mol. The summed E-state index contributed by atoms with van der Waals surface area (Å²) in [7, 11) is 3.41. The highest BCUT2D eigenvalue weighted by Crippen LogP contribution is 2.30. The van der Waals surface area contributed by atoms with Crippen molar-refractivity contribution in [2.24, 2.45) is 10.4 Å². The van der Waals surface area contributed by atoms with E-state index in [1.165, 1.54) is 5.56 Å². The van der Waals surface area contributed by atoms with E-state index < -0.39 is 5.41 Å². The first kappa shape index (κ1) is 21.0. The summed E-state index contributed by atoms with van der Waals surface area (Å²) < 4.78 is 0. The van der Waals surface area contributed by atoms with Crippen LogP contribution >= 0.6 is 0 Å². The number of hydrogen-bond donors (Lipinski definition) is 3. The Hall–Kier alpha value is -2.04. The van der Waals surface area contributed by atoms with Crippen LogP contribution in [-0.4, -0.2) is 39.1 Å². The topological polar surface area (TPSA) is 65.5 Å². The van der Waals surface area contributed by atoms with E-state index in [-0.39, 0.29) is 11.3 Å². The van der Waals surface area contributed by atoms with Gasteiger partial charge in [-0.2, -0.15) is 0 Å². The average Bonchev–Trinajstić information content (AvgIpc) is 2.65. The normalized spacial score (nSPS) is 12.6. The Morgan fingerprint density at radius 3 is 2.08 bits per heavy atom. The molecule has 1 rings (SSSR count). The summed E-state index contributed by atoms with van der Waals surface area (Å²) in [4.78, 5) is 16.2.